The lowest BCUT2D eigenvalue weighted by molar-refractivity contribution is -0.126. The van der Waals surface area contributed by atoms with E-state index in [0.717, 1.165) is 36.1 Å². The lowest BCUT2D eigenvalue weighted by Gasteiger charge is -2.27. The standard InChI is InChI=1S/C20H23NO4S/c22-15(14-5-6-16-17(12-14)25-13-24-16)7-10-21-19(23)20(8-1-2-9-20)18-4-3-11-26-18/h3-6,11-12,15,22H,1-2,7-10,13H2,(H,21,23). The second-order valence-corrected chi connectivity index (χ2v) is 7.89. The number of aliphatic hydroxyl groups excluding tert-OH is 1. The van der Waals surface area contributed by atoms with Gasteiger partial charge in [-0.3, -0.25) is 4.79 Å². The van der Waals surface area contributed by atoms with E-state index in [1.807, 2.05) is 23.6 Å². The normalized spacial score (nSPS) is 18.7. The van der Waals surface area contributed by atoms with Gasteiger partial charge in [0.15, 0.2) is 11.5 Å². The predicted octanol–water partition coefficient (Wildman–Crippen LogP) is 3.53. The van der Waals surface area contributed by atoms with Crippen LogP contribution in [-0.4, -0.2) is 24.4 Å². The summed E-state index contributed by atoms with van der Waals surface area (Å²) in [6.07, 6.45) is 3.81. The molecule has 1 saturated carbocycles. The lowest BCUT2D eigenvalue weighted by atomic mass is 9.83. The van der Waals surface area contributed by atoms with Gasteiger partial charge in [-0.05, 0) is 48.4 Å². The van der Waals surface area contributed by atoms with E-state index in [1.165, 1.54) is 0 Å². The van der Waals surface area contributed by atoms with Crippen molar-refractivity contribution in [2.24, 2.45) is 0 Å². The van der Waals surface area contributed by atoms with Crippen LogP contribution in [0.5, 0.6) is 11.5 Å². The molecule has 2 heterocycles. The molecule has 2 N–H and O–H groups in total. The molecule has 0 bridgehead atoms. The molecule has 1 atom stereocenters. The molecule has 1 amide bonds. The van der Waals surface area contributed by atoms with Gasteiger partial charge in [0.1, 0.15) is 0 Å². The number of hydrogen-bond acceptors (Lipinski definition) is 5. The lowest BCUT2D eigenvalue weighted by Crippen LogP contribution is -2.42. The molecule has 2 aliphatic rings. The fourth-order valence-electron chi connectivity index (χ4n) is 3.89. The van der Waals surface area contributed by atoms with Crippen LogP contribution in [0, 0.1) is 0 Å². The Morgan fingerprint density at radius 1 is 1.23 bits per heavy atom. The summed E-state index contributed by atoms with van der Waals surface area (Å²) < 4.78 is 10.6. The van der Waals surface area contributed by atoms with E-state index in [0.29, 0.717) is 24.5 Å². The van der Waals surface area contributed by atoms with Crippen LogP contribution < -0.4 is 14.8 Å². The second-order valence-electron chi connectivity index (χ2n) is 6.94. The summed E-state index contributed by atoms with van der Waals surface area (Å²) in [6, 6.07) is 9.53. The van der Waals surface area contributed by atoms with Crippen molar-refractivity contribution in [3.63, 3.8) is 0 Å². The molecule has 1 aromatic heterocycles. The molecule has 5 nitrogen and oxygen atoms in total. The molecule has 1 fully saturated rings. The first-order valence-corrected chi connectivity index (χ1v) is 9.97. The van der Waals surface area contributed by atoms with Gasteiger partial charge in [-0.15, -0.1) is 11.3 Å². The molecule has 26 heavy (non-hydrogen) atoms. The number of carbonyl (C=O) groups excluding carboxylic acids is 1. The number of thiophene rings is 1. The molecular weight excluding hydrogens is 350 g/mol. The van der Waals surface area contributed by atoms with Crippen LogP contribution in [0.15, 0.2) is 35.7 Å². The number of nitrogens with one attached hydrogen (secondary N) is 1. The second kappa shape index (κ2) is 7.29. The van der Waals surface area contributed by atoms with E-state index >= 15 is 0 Å². The number of amides is 1. The van der Waals surface area contributed by atoms with Crippen LogP contribution in [0.1, 0.15) is 48.6 Å². The summed E-state index contributed by atoms with van der Waals surface area (Å²) in [4.78, 5) is 14.1. The summed E-state index contributed by atoms with van der Waals surface area (Å²) in [5.74, 6) is 1.46. The third kappa shape index (κ3) is 3.19. The van der Waals surface area contributed by atoms with Gasteiger partial charge in [-0.1, -0.05) is 25.0 Å². The minimum absolute atomic E-state index is 0.0929. The summed E-state index contributed by atoms with van der Waals surface area (Å²) in [7, 11) is 0. The zero-order chi connectivity index (χ0) is 18.0. The third-order valence-electron chi connectivity index (χ3n) is 5.37. The highest BCUT2D eigenvalue weighted by atomic mass is 32.1. The SMILES string of the molecule is O=C(NCCC(O)c1ccc2c(c1)OCO2)C1(c2cccs2)CCCC1. The van der Waals surface area contributed by atoms with Gasteiger partial charge in [0.25, 0.3) is 0 Å². The molecule has 6 heteroatoms. The number of carbonyl (C=O) groups is 1. The molecule has 1 unspecified atom stereocenters. The van der Waals surface area contributed by atoms with Crippen molar-refractivity contribution in [1.29, 1.82) is 0 Å². The molecule has 138 valence electrons. The van der Waals surface area contributed by atoms with Crippen LogP contribution in [0.4, 0.5) is 0 Å². The minimum atomic E-state index is -0.647. The van der Waals surface area contributed by atoms with Crippen molar-refractivity contribution in [3.05, 3.63) is 46.2 Å². The maximum absolute atomic E-state index is 12.9. The van der Waals surface area contributed by atoms with Crippen molar-refractivity contribution in [1.82, 2.24) is 5.32 Å². The highest BCUT2D eigenvalue weighted by molar-refractivity contribution is 7.10. The van der Waals surface area contributed by atoms with Gasteiger partial charge in [0.2, 0.25) is 12.7 Å². The molecule has 0 spiro atoms. The zero-order valence-corrected chi connectivity index (χ0v) is 15.4. The third-order valence-corrected chi connectivity index (χ3v) is 6.44. The topological polar surface area (TPSA) is 67.8 Å². The molecule has 1 aromatic carbocycles. The van der Waals surface area contributed by atoms with Gasteiger partial charge in [0, 0.05) is 11.4 Å². The maximum atomic E-state index is 12.9. The smallest absolute Gasteiger partial charge is 0.231 e. The molecule has 1 aliphatic carbocycles. The Morgan fingerprint density at radius 2 is 2.04 bits per heavy atom. The first-order chi connectivity index (χ1) is 12.7. The van der Waals surface area contributed by atoms with Gasteiger partial charge in [0.05, 0.1) is 11.5 Å². The monoisotopic (exact) mass is 373 g/mol. The van der Waals surface area contributed by atoms with Crippen molar-refractivity contribution in [2.75, 3.05) is 13.3 Å². The number of fused-ring (bicyclic) bond motifs is 1. The highest BCUT2D eigenvalue weighted by Crippen LogP contribution is 2.43. The summed E-state index contributed by atoms with van der Waals surface area (Å²) in [5.41, 5.74) is 0.398. The van der Waals surface area contributed by atoms with Crippen LogP contribution >= 0.6 is 11.3 Å². The molecular formula is C20H23NO4S. The quantitative estimate of drug-likeness (QED) is 0.813. The molecule has 4 rings (SSSR count). The average Bonchev–Trinajstić information content (AvgIpc) is 3.41. The number of hydrogen-bond donors (Lipinski definition) is 2. The molecule has 0 saturated heterocycles. The fraction of sp³-hybridized carbons (Fsp3) is 0.450. The van der Waals surface area contributed by atoms with E-state index in [-0.39, 0.29) is 18.1 Å². The first kappa shape index (κ1) is 17.4. The van der Waals surface area contributed by atoms with Gasteiger partial charge >= 0.3 is 0 Å². The van der Waals surface area contributed by atoms with Crippen LogP contribution in [-0.2, 0) is 10.2 Å². The molecule has 1 aliphatic heterocycles. The Hall–Kier alpha value is -2.05. The summed E-state index contributed by atoms with van der Waals surface area (Å²) >= 11 is 1.66. The predicted molar refractivity (Wildman–Crippen MR) is 99.6 cm³/mol. The van der Waals surface area contributed by atoms with Crippen LogP contribution in [0.25, 0.3) is 0 Å². The van der Waals surface area contributed by atoms with Crippen molar-refractivity contribution < 1.29 is 19.4 Å². The van der Waals surface area contributed by atoms with Gasteiger partial charge in [-0.25, -0.2) is 0 Å². The largest absolute Gasteiger partial charge is 0.454 e. The Labute approximate surface area is 156 Å². The van der Waals surface area contributed by atoms with E-state index in [9.17, 15) is 9.90 Å². The number of rotatable bonds is 6. The van der Waals surface area contributed by atoms with Crippen LogP contribution in [0.3, 0.4) is 0 Å². The summed E-state index contributed by atoms with van der Waals surface area (Å²) in [5, 5.41) is 15.5. The number of aliphatic hydroxyl groups is 1. The number of benzene rings is 1. The van der Waals surface area contributed by atoms with Gasteiger partial charge in [-0.2, -0.15) is 0 Å². The fourth-order valence-corrected chi connectivity index (χ4v) is 4.88. The van der Waals surface area contributed by atoms with Crippen molar-refractivity contribution >= 4 is 17.2 Å². The Balaban J connectivity index is 1.36. The van der Waals surface area contributed by atoms with E-state index in [1.54, 1.807) is 17.4 Å². The zero-order valence-electron chi connectivity index (χ0n) is 14.6. The van der Waals surface area contributed by atoms with E-state index in [2.05, 4.69) is 11.4 Å². The minimum Gasteiger partial charge on any atom is -0.454 e. The molecule has 2 aromatic rings. The van der Waals surface area contributed by atoms with Crippen molar-refractivity contribution in [3.8, 4) is 11.5 Å². The van der Waals surface area contributed by atoms with Gasteiger partial charge < -0.3 is 19.9 Å². The Kier molecular flexibility index (Phi) is 4.87. The first-order valence-electron chi connectivity index (χ1n) is 9.09. The van der Waals surface area contributed by atoms with Crippen molar-refractivity contribution in [2.45, 2.75) is 43.6 Å². The average molecular weight is 373 g/mol. The Morgan fingerprint density at radius 3 is 2.81 bits per heavy atom. The van der Waals surface area contributed by atoms with Crippen LogP contribution in [0.2, 0.25) is 0 Å². The van der Waals surface area contributed by atoms with E-state index in [4.69, 9.17) is 9.47 Å². The highest BCUT2D eigenvalue weighted by Gasteiger charge is 2.43. The number of ether oxygens (including phenoxy) is 2. The Bertz CT molecular complexity index is 768. The molecule has 0 radical (unpaired) electrons. The van der Waals surface area contributed by atoms with E-state index < -0.39 is 6.10 Å². The maximum Gasteiger partial charge on any atom is 0.231 e. The summed E-state index contributed by atoms with van der Waals surface area (Å²) in [6.45, 7) is 0.664.